The molecule has 0 bridgehead atoms. The lowest BCUT2D eigenvalue weighted by molar-refractivity contribution is -0.0327. The lowest BCUT2D eigenvalue weighted by Gasteiger charge is -2.26. The van der Waals surface area contributed by atoms with E-state index in [2.05, 4.69) is 5.32 Å². The molecule has 0 atom stereocenters. The van der Waals surface area contributed by atoms with Crippen molar-refractivity contribution in [3.63, 3.8) is 0 Å². The van der Waals surface area contributed by atoms with Crippen LogP contribution < -0.4 is 5.32 Å². The molecule has 0 radical (unpaired) electrons. The molecule has 2 N–H and O–H groups in total. The molecular formula is C9H16F3NOS. The number of nitrogens with one attached hydrogen (secondary N) is 1. The van der Waals surface area contributed by atoms with Gasteiger partial charge in [0.05, 0.1) is 6.10 Å². The zero-order valence-corrected chi connectivity index (χ0v) is 9.20. The summed E-state index contributed by atoms with van der Waals surface area (Å²) in [6.45, 7) is 0.380. The number of halogens is 3. The van der Waals surface area contributed by atoms with Crippen molar-refractivity contribution < 1.29 is 18.3 Å². The van der Waals surface area contributed by atoms with Gasteiger partial charge in [-0.2, -0.15) is 13.2 Å². The smallest absolute Gasteiger partial charge is 0.393 e. The molecule has 6 heteroatoms. The fraction of sp³-hybridized carbons (Fsp3) is 1.00. The molecule has 0 amide bonds. The van der Waals surface area contributed by atoms with E-state index >= 15 is 0 Å². The van der Waals surface area contributed by atoms with Crippen LogP contribution in [0.1, 0.15) is 25.7 Å². The SMILES string of the molecule is OC1CCC(NCCSC(F)(F)F)CC1. The molecule has 1 saturated carbocycles. The van der Waals surface area contributed by atoms with Crippen molar-refractivity contribution in [2.45, 2.75) is 43.3 Å². The second-order valence-electron chi connectivity index (χ2n) is 3.75. The Morgan fingerprint density at radius 3 is 2.33 bits per heavy atom. The molecule has 1 rings (SSSR count). The Morgan fingerprint density at radius 2 is 1.80 bits per heavy atom. The fourth-order valence-electron chi connectivity index (χ4n) is 1.71. The van der Waals surface area contributed by atoms with E-state index in [9.17, 15) is 18.3 Å². The molecule has 0 unspecified atom stereocenters. The molecule has 0 spiro atoms. The van der Waals surface area contributed by atoms with Gasteiger partial charge in [0.25, 0.3) is 0 Å². The van der Waals surface area contributed by atoms with Crippen LogP contribution in [-0.4, -0.2) is 35.1 Å². The molecule has 0 aliphatic heterocycles. The Labute approximate surface area is 91.6 Å². The van der Waals surface area contributed by atoms with E-state index < -0.39 is 5.51 Å². The monoisotopic (exact) mass is 243 g/mol. The van der Waals surface area contributed by atoms with Gasteiger partial charge < -0.3 is 10.4 Å². The number of alkyl halides is 3. The summed E-state index contributed by atoms with van der Waals surface area (Å²) in [6.07, 6.45) is 3.01. The summed E-state index contributed by atoms with van der Waals surface area (Å²) in [4.78, 5) is 0. The highest BCUT2D eigenvalue weighted by Crippen LogP contribution is 2.29. The van der Waals surface area contributed by atoms with Crippen molar-refractivity contribution in [2.24, 2.45) is 0 Å². The first-order valence-corrected chi connectivity index (χ1v) is 6.08. The van der Waals surface area contributed by atoms with Crippen LogP contribution in [0.4, 0.5) is 13.2 Å². The Balaban J connectivity index is 2.01. The molecule has 1 fully saturated rings. The number of aliphatic hydroxyl groups is 1. The molecule has 0 heterocycles. The first kappa shape index (κ1) is 13.1. The standard InChI is InChI=1S/C9H16F3NOS/c10-9(11,12)15-6-5-13-7-1-3-8(14)4-2-7/h7-8,13-14H,1-6H2. The Morgan fingerprint density at radius 1 is 1.20 bits per heavy atom. The average molecular weight is 243 g/mol. The minimum atomic E-state index is -4.12. The number of aliphatic hydroxyl groups excluding tert-OH is 1. The van der Waals surface area contributed by atoms with Gasteiger partial charge in [-0.1, -0.05) is 0 Å². The van der Waals surface area contributed by atoms with Crippen LogP contribution in [-0.2, 0) is 0 Å². The van der Waals surface area contributed by atoms with Crippen LogP contribution in [0.2, 0.25) is 0 Å². The summed E-state index contributed by atoms with van der Waals surface area (Å²) >= 11 is 0.0108. The Bertz CT molecular complexity index is 181. The topological polar surface area (TPSA) is 32.3 Å². The second-order valence-corrected chi connectivity index (χ2v) is 4.91. The third kappa shape index (κ3) is 6.27. The first-order valence-electron chi connectivity index (χ1n) is 5.09. The molecule has 0 saturated heterocycles. The zero-order valence-electron chi connectivity index (χ0n) is 8.39. The maximum atomic E-state index is 11.8. The highest BCUT2D eigenvalue weighted by molar-refractivity contribution is 8.00. The highest BCUT2D eigenvalue weighted by Gasteiger charge is 2.27. The highest BCUT2D eigenvalue weighted by atomic mass is 32.2. The van der Waals surface area contributed by atoms with E-state index in [4.69, 9.17) is 0 Å². The van der Waals surface area contributed by atoms with Crippen molar-refractivity contribution in [1.29, 1.82) is 0 Å². The molecule has 0 aromatic rings. The molecule has 15 heavy (non-hydrogen) atoms. The van der Waals surface area contributed by atoms with E-state index in [1.807, 2.05) is 0 Å². The predicted molar refractivity (Wildman–Crippen MR) is 54.8 cm³/mol. The van der Waals surface area contributed by atoms with Gasteiger partial charge in [0, 0.05) is 18.3 Å². The molecule has 0 aromatic carbocycles. The van der Waals surface area contributed by atoms with E-state index in [-0.39, 0.29) is 29.7 Å². The van der Waals surface area contributed by atoms with Gasteiger partial charge in [-0.05, 0) is 37.4 Å². The lowest BCUT2D eigenvalue weighted by atomic mass is 9.93. The molecular weight excluding hydrogens is 227 g/mol. The van der Waals surface area contributed by atoms with E-state index in [0.29, 0.717) is 6.54 Å². The fourth-order valence-corrected chi connectivity index (χ4v) is 2.16. The van der Waals surface area contributed by atoms with E-state index in [0.717, 1.165) is 25.7 Å². The first-order chi connectivity index (χ1) is 6.97. The normalized spacial score (nSPS) is 28.0. The van der Waals surface area contributed by atoms with Gasteiger partial charge in [0.2, 0.25) is 0 Å². The zero-order chi connectivity index (χ0) is 11.3. The minimum Gasteiger partial charge on any atom is -0.393 e. The molecule has 1 aliphatic carbocycles. The quantitative estimate of drug-likeness (QED) is 0.742. The van der Waals surface area contributed by atoms with Gasteiger partial charge in [-0.25, -0.2) is 0 Å². The summed E-state index contributed by atoms with van der Waals surface area (Å²) in [5, 5.41) is 12.3. The number of hydrogen-bond donors (Lipinski definition) is 2. The van der Waals surface area contributed by atoms with Crippen molar-refractivity contribution >= 4 is 11.8 Å². The summed E-state index contributed by atoms with van der Waals surface area (Å²) < 4.78 is 35.3. The van der Waals surface area contributed by atoms with E-state index in [1.54, 1.807) is 0 Å². The van der Waals surface area contributed by atoms with Gasteiger partial charge in [-0.15, -0.1) is 0 Å². The molecule has 2 nitrogen and oxygen atoms in total. The number of rotatable bonds is 4. The largest absolute Gasteiger partial charge is 0.441 e. The average Bonchev–Trinajstić information content (AvgIpc) is 2.14. The van der Waals surface area contributed by atoms with Crippen LogP contribution in [0.15, 0.2) is 0 Å². The summed E-state index contributed by atoms with van der Waals surface area (Å²) in [5.41, 5.74) is -4.12. The minimum absolute atomic E-state index is 0.0108. The Hall–Kier alpha value is 0.0600. The van der Waals surface area contributed by atoms with Crippen LogP contribution in [0.3, 0.4) is 0 Å². The van der Waals surface area contributed by atoms with Crippen molar-refractivity contribution in [3.05, 3.63) is 0 Å². The van der Waals surface area contributed by atoms with Crippen LogP contribution in [0, 0.1) is 0 Å². The summed E-state index contributed by atoms with van der Waals surface area (Å²) in [6, 6.07) is 0.280. The summed E-state index contributed by atoms with van der Waals surface area (Å²) in [5.74, 6) is 0.0581. The van der Waals surface area contributed by atoms with Gasteiger partial charge in [0.1, 0.15) is 0 Å². The van der Waals surface area contributed by atoms with Crippen LogP contribution in [0.25, 0.3) is 0 Å². The van der Waals surface area contributed by atoms with Crippen LogP contribution >= 0.6 is 11.8 Å². The third-order valence-corrected chi connectivity index (χ3v) is 3.23. The van der Waals surface area contributed by atoms with Crippen molar-refractivity contribution in [2.75, 3.05) is 12.3 Å². The Kier molecular flexibility index (Phi) is 5.22. The van der Waals surface area contributed by atoms with Crippen molar-refractivity contribution in [3.8, 4) is 0 Å². The lowest BCUT2D eigenvalue weighted by Crippen LogP contribution is -2.36. The van der Waals surface area contributed by atoms with Crippen molar-refractivity contribution in [1.82, 2.24) is 5.32 Å². The molecule has 0 aromatic heterocycles. The maximum Gasteiger partial charge on any atom is 0.441 e. The second kappa shape index (κ2) is 5.96. The summed E-state index contributed by atoms with van der Waals surface area (Å²) in [7, 11) is 0. The number of hydrogen-bond acceptors (Lipinski definition) is 3. The van der Waals surface area contributed by atoms with Gasteiger partial charge in [-0.3, -0.25) is 0 Å². The number of thioether (sulfide) groups is 1. The van der Waals surface area contributed by atoms with Gasteiger partial charge >= 0.3 is 5.51 Å². The maximum absolute atomic E-state index is 11.8. The molecule has 90 valence electrons. The third-order valence-electron chi connectivity index (χ3n) is 2.50. The van der Waals surface area contributed by atoms with Crippen LogP contribution in [0.5, 0.6) is 0 Å². The molecule has 1 aliphatic rings. The van der Waals surface area contributed by atoms with E-state index in [1.165, 1.54) is 0 Å². The predicted octanol–water partition coefficient (Wildman–Crippen LogP) is 2.13. The van der Waals surface area contributed by atoms with Gasteiger partial charge in [0.15, 0.2) is 0 Å².